The normalized spacial score (nSPS) is 11.0. The van der Waals surface area contributed by atoms with Crippen LogP contribution in [0.1, 0.15) is 65.2 Å². The van der Waals surface area contributed by atoms with Gasteiger partial charge in [-0.3, -0.25) is 0 Å². The van der Waals surface area contributed by atoms with Crippen molar-refractivity contribution >= 4 is 0 Å². The maximum Gasteiger partial charge on any atom is 0.0823 e. The molecule has 4 heteroatoms. The van der Waals surface area contributed by atoms with Gasteiger partial charge in [0.1, 0.15) is 0 Å². The molecule has 0 saturated carbocycles. The average Bonchev–Trinajstić information content (AvgIpc) is 2.39. The summed E-state index contributed by atoms with van der Waals surface area (Å²) in [6.07, 6.45) is 8.84. The second-order valence-electron chi connectivity index (χ2n) is 4.41. The van der Waals surface area contributed by atoms with Crippen molar-refractivity contribution in [3.05, 3.63) is 0 Å². The van der Waals surface area contributed by atoms with E-state index in [0.717, 1.165) is 25.7 Å². The van der Waals surface area contributed by atoms with Crippen LogP contribution in [0.2, 0.25) is 0 Å². The molecule has 0 fully saturated rings. The molecule has 0 aliphatic rings. The molecule has 0 saturated heterocycles. The van der Waals surface area contributed by atoms with Crippen molar-refractivity contribution in [1.29, 1.82) is 0 Å². The highest BCUT2D eigenvalue weighted by Crippen LogP contribution is 1.98. The Labute approximate surface area is 112 Å². The van der Waals surface area contributed by atoms with Gasteiger partial charge in [0.05, 0.1) is 26.4 Å². The zero-order valence-corrected chi connectivity index (χ0v) is 12.1. The minimum absolute atomic E-state index is 0.630. The topological polar surface area (TPSA) is 36.9 Å². The summed E-state index contributed by atoms with van der Waals surface area (Å²) in [5.74, 6) is 0. The lowest BCUT2D eigenvalue weighted by molar-refractivity contribution is -0.304. The Morgan fingerprint density at radius 2 is 0.722 bits per heavy atom. The lowest BCUT2D eigenvalue weighted by Crippen LogP contribution is -2.02. The first-order chi connectivity index (χ1) is 8.91. The second kappa shape index (κ2) is 16.8. The highest BCUT2D eigenvalue weighted by molar-refractivity contribution is 4.36. The summed E-state index contributed by atoms with van der Waals surface area (Å²) >= 11 is 0. The first-order valence-corrected chi connectivity index (χ1v) is 7.40. The number of hydrogen-bond acceptors (Lipinski definition) is 4. The molecule has 110 valence electrons. The molecule has 0 unspecified atom stereocenters. The number of unbranched alkanes of at least 4 members (excludes halogenated alkanes) is 5. The Balaban J connectivity index is 2.86. The largest absolute Gasteiger partial charge is 0.237 e. The van der Waals surface area contributed by atoms with Gasteiger partial charge in [0.25, 0.3) is 0 Å². The van der Waals surface area contributed by atoms with Gasteiger partial charge >= 0.3 is 0 Å². The molecule has 0 atom stereocenters. The lowest BCUT2D eigenvalue weighted by atomic mass is 10.3. The highest BCUT2D eigenvalue weighted by Gasteiger charge is 1.93. The van der Waals surface area contributed by atoms with Crippen LogP contribution >= 0.6 is 0 Å². The molecule has 0 bridgehead atoms. The summed E-state index contributed by atoms with van der Waals surface area (Å²) < 4.78 is 0. The van der Waals surface area contributed by atoms with Gasteiger partial charge < -0.3 is 0 Å². The molecule has 18 heavy (non-hydrogen) atoms. The third-order valence-corrected chi connectivity index (χ3v) is 2.53. The van der Waals surface area contributed by atoms with Gasteiger partial charge in [0.15, 0.2) is 0 Å². The fourth-order valence-electron chi connectivity index (χ4n) is 1.38. The third kappa shape index (κ3) is 15.8. The zero-order chi connectivity index (χ0) is 13.3. The smallest absolute Gasteiger partial charge is 0.0823 e. The van der Waals surface area contributed by atoms with Crippen LogP contribution in [0.3, 0.4) is 0 Å². The van der Waals surface area contributed by atoms with Gasteiger partial charge in [0, 0.05) is 0 Å². The van der Waals surface area contributed by atoms with Crippen molar-refractivity contribution in [2.75, 3.05) is 26.4 Å². The van der Waals surface area contributed by atoms with Crippen LogP contribution in [0, 0.1) is 0 Å². The molecule has 0 aliphatic carbocycles. The molecule has 4 nitrogen and oxygen atoms in total. The Hall–Kier alpha value is -0.160. The first-order valence-electron chi connectivity index (χ1n) is 7.40. The molecule has 0 heterocycles. The van der Waals surface area contributed by atoms with E-state index in [0.29, 0.717) is 26.4 Å². The summed E-state index contributed by atoms with van der Waals surface area (Å²) in [5.41, 5.74) is 0. The Morgan fingerprint density at radius 1 is 0.444 bits per heavy atom. The molecule has 0 rings (SSSR count). The summed E-state index contributed by atoms with van der Waals surface area (Å²) in [7, 11) is 0. The summed E-state index contributed by atoms with van der Waals surface area (Å²) in [6.45, 7) is 7.00. The van der Waals surface area contributed by atoms with E-state index in [2.05, 4.69) is 13.8 Å². The van der Waals surface area contributed by atoms with Crippen molar-refractivity contribution in [2.45, 2.75) is 65.2 Å². The molecule has 0 N–H and O–H groups in total. The highest BCUT2D eigenvalue weighted by atomic mass is 17.2. The van der Waals surface area contributed by atoms with Gasteiger partial charge in [-0.05, 0) is 25.7 Å². The van der Waals surface area contributed by atoms with E-state index in [4.69, 9.17) is 19.6 Å². The van der Waals surface area contributed by atoms with E-state index in [1.807, 2.05) is 0 Å². The van der Waals surface area contributed by atoms with Crippen molar-refractivity contribution < 1.29 is 19.6 Å². The molecule has 0 aromatic carbocycles. The summed E-state index contributed by atoms with van der Waals surface area (Å²) in [6, 6.07) is 0. The van der Waals surface area contributed by atoms with Gasteiger partial charge in [-0.15, -0.1) is 0 Å². The standard InChI is InChI=1S/C14H30O4/c1-3-5-7-11-15-17-13-9-10-14-18-16-12-8-6-4-2/h3-14H2,1-2H3. The minimum Gasteiger partial charge on any atom is -0.237 e. The summed E-state index contributed by atoms with van der Waals surface area (Å²) in [5, 5.41) is 0. The SMILES string of the molecule is CCCCCOOCCCCOOCCCCC. The second-order valence-corrected chi connectivity index (χ2v) is 4.41. The Kier molecular flexibility index (Phi) is 16.7. The predicted octanol–water partition coefficient (Wildman–Crippen LogP) is 4.04. The van der Waals surface area contributed by atoms with Crippen LogP contribution < -0.4 is 0 Å². The van der Waals surface area contributed by atoms with Crippen molar-refractivity contribution in [2.24, 2.45) is 0 Å². The molecule has 0 aromatic heterocycles. The fourth-order valence-corrected chi connectivity index (χ4v) is 1.38. The molecule has 0 aliphatic heterocycles. The van der Waals surface area contributed by atoms with Crippen LogP contribution in [-0.2, 0) is 19.6 Å². The predicted molar refractivity (Wildman–Crippen MR) is 72.1 cm³/mol. The molecule has 0 amide bonds. The van der Waals surface area contributed by atoms with Gasteiger partial charge in [-0.1, -0.05) is 39.5 Å². The van der Waals surface area contributed by atoms with Crippen LogP contribution in [0.5, 0.6) is 0 Å². The molecular formula is C14H30O4. The molecular weight excluding hydrogens is 232 g/mol. The fraction of sp³-hybridized carbons (Fsp3) is 1.00. The monoisotopic (exact) mass is 262 g/mol. The van der Waals surface area contributed by atoms with E-state index >= 15 is 0 Å². The molecule has 0 spiro atoms. The van der Waals surface area contributed by atoms with Gasteiger partial charge in [0.2, 0.25) is 0 Å². The Morgan fingerprint density at radius 3 is 1.00 bits per heavy atom. The van der Waals surface area contributed by atoms with Crippen LogP contribution in [0.25, 0.3) is 0 Å². The van der Waals surface area contributed by atoms with E-state index < -0.39 is 0 Å². The third-order valence-electron chi connectivity index (χ3n) is 2.53. The van der Waals surface area contributed by atoms with Crippen LogP contribution in [0.4, 0.5) is 0 Å². The maximum atomic E-state index is 5.04. The van der Waals surface area contributed by atoms with Crippen molar-refractivity contribution in [3.8, 4) is 0 Å². The van der Waals surface area contributed by atoms with E-state index in [1.165, 1.54) is 25.7 Å². The van der Waals surface area contributed by atoms with Crippen molar-refractivity contribution in [1.82, 2.24) is 0 Å². The number of hydrogen-bond donors (Lipinski definition) is 0. The van der Waals surface area contributed by atoms with Crippen molar-refractivity contribution in [3.63, 3.8) is 0 Å². The molecule has 0 radical (unpaired) electrons. The average molecular weight is 262 g/mol. The van der Waals surface area contributed by atoms with Gasteiger partial charge in [-0.25, -0.2) is 19.6 Å². The van der Waals surface area contributed by atoms with Crippen LogP contribution in [0.15, 0.2) is 0 Å². The molecule has 0 aromatic rings. The quantitative estimate of drug-likeness (QED) is 0.253. The number of rotatable bonds is 15. The van der Waals surface area contributed by atoms with E-state index in [1.54, 1.807) is 0 Å². The first kappa shape index (κ1) is 17.8. The van der Waals surface area contributed by atoms with E-state index in [9.17, 15) is 0 Å². The zero-order valence-electron chi connectivity index (χ0n) is 12.1. The summed E-state index contributed by atoms with van der Waals surface area (Å²) in [4.78, 5) is 20.2. The van der Waals surface area contributed by atoms with Crippen LogP contribution in [-0.4, -0.2) is 26.4 Å². The van der Waals surface area contributed by atoms with E-state index in [-0.39, 0.29) is 0 Å². The minimum atomic E-state index is 0.630. The Bertz CT molecular complexity index is 126. The maximum absolute atomic E-state index is 5.04. The lowest BCUT2D eigenvalue weighted by Gasteiger charge is -2.05. The van der Waals surface area contributed by atoms with Gasteiger partial charge in [-0.2, -0.15) is 0 Å².